The van der Waals surface area contributed by atoms with E-state index in [-0.39, 0.29) is 0 Å². The number of nitrogens with zero attached hydrogens (tertiary/aromatic N) is 1. The summed E-state index contributed by atoms with van der Waals surface area (Å²) < 4.78 is 0. The molecule has 2 rings (SSSR count). The van der Waals surface area contributed by atoms with Crippen molar-refractivity contribution >= 4 is 17.1 Å². The molecule has 2 nitrogen and oxygen atoms in total. The first kappa shape index (κ1) is 9.29. The maximum atomic E-state index is 5.39. The summed E-state index contributed by atoms with van der Waals surface area (Å²) in [5.41, 5.74) is 2.60. The molecule has 2 aromatic rings. The number of hydrogen-bond acceptors (Lipinski definition) is 1. The fourth-order valence-corrected chi connectivity index (χ4v) is 1.41. The van der Waals surface area contributed by atoms with Gasteiger partial charge < -0.3 is 4.98 Å². The highest BCUT2D eigenvalue weighted by atomic mass is 14.9. The van der Waals surface area contributed by atoms with Gasteiger partial charge in [0.15, 0.2) is 0 Å². The summed E-state index contributed by atoms with van der Waals surface area (Å²) in [6, 6.07) is 5.75. The van der Waals surface area contributed by atoms with E-state index in [4.69, 9.17) is 6.42 Å². The van der Waals surface area contributed by atoms with Gasteiger partial charge in [0.2, 0.25) is 0 Å². The Bertz CT molecular complexity index is 568. The molecule has 72 valence electrons. The topological polar surface area (TPSA) is 28.7 Å². The largest absolute Gasteiger partial charge is 0.338 e. The van der Waals surface area contributed by atoms with Crippen molar-refractivity contribution < 1.29 is 0 Å². The van der Waals surface area contributed by atoms with Crippen molar-refractivity contribution in [1.82, 2.24) is 9.97 Å². The third-order valence-corrected chi connectivity index (χ3v) is 2.08. The van der Waals surface area contributed by atoms with Crippen LogP contribution in [-0.2, 0) is 0 Å². The Labute approximate surface area is 88.4 Å². The number of imidazole rings is 1. The minimum atomic E-state index is 0.785. The second kappa shape index (κ2) is 3.85. The summed E-state index contributed by atoms with van der Waals surface area (Å²) in [5.74, 6) is 3.40. The quantitative estimate of drug-likeness (QED) is 0.578. The Morgan fingerprint density at radius 3 is 3.07 bits per heavy atom. The molecule has 0 saturated heterocycles. The highest BCUT2D eigenvalue weighted by Gasteiger charge is 2.02. The molecule has 0 unspecified atom stereocenters. The average Bonchev–Trinajstić information content (AvgIpc) is 2.68. The highest BCUT2D eigenvalue weighted by Crippen LogP contribution is 2.16. The van der Waals surface area contributed by atoms with E-state index in [1.165, 1.54) is 0 Å². The van der Waals surface area contributed by atoms with Gasteiger partial charge in [0, 0.05) is 0 Å². The highest BCUT2D eigenvalue weighted by molar-refractivity contribution is 5.82. The number of rotatable bonds is 2. The summed E-state index contributed by atoms with van der Waals surface area (Å²) >= 11 is 0. The van der Waals surface area contributed by atoms with Crippen LogP contribution >= 0.6 is 0 Å². The monoisotopic (exact) mass is 194 g/mol. The van der Waals surface area contributed by atoms with Crippen molar-refractivity contribution in [2.24, 2.45) is 0 Å². The number of para-hydroxylation sites is 1. The Balaban J connectivity index is 2.61. The normalized spacial score (nSPS) is 10.6. The van der Waals surface area contributed by atoms with E-state index < -0.39 is 0 Å². The maximum Gasteiger partial charge on any atom is 0.131 e. The number of aromatic nitrogens is 2. The van der Waals surface area contributed by atoms with E-state index in [0.29, 0.717) is 0 Å². The second-order valence-electron chi connectivity index (χ2n) is 3.06. The molecule has 0 bridgehead atoms. The van der Waals surface area contributed by atoms with E-state index >= 15 is 0 Å². The van der Waals surface area contributed by atoms with Crippen LogP contribution in [0, 0.1) is 12.3 Å². The number of H-pyrrole nitrogens is 1. The first-order valence-electron chi connectivity index (χ1n) is 4.59. The van der Waals surface area contributed by atoms with E-state index in [2.05, 4.69) is 22.5 Å². The molecule has 1 N–H and O–H groups in total. The summed E-state index contributed by atoms with van der Waals surface area (Å²) in [4.78, 5) is 7.55. The summed E-state index contributed by atoms with van der Waals surface area (Å²) in [7, 11) is 0. The van der Waals surface area contributed by atoms with Crippen molar-refractivity contribution in [2.75, 3.05) is 0 Å². The van der Waals surface area contributed by atoms with Crippen LogP contribution < -0.4 is 0 Å². The van der Waals surface area contributed by atoms with E-state index in [1.807, 2.05) is 30.4 Å². The molecule has 0 radical (unpaired) electrons. The fraction of sp³-hybridized carbons (Fsp3) is 0. The fourth-order valence-electron chi connectivity index (χ4n) is 1.41. The smallest absolute Gasteiger partial charge is 0.131 e. The molecular formula is C13H10N2. The maximum absolute atomic E-state index is 5.39. The summed E-state index contributed by atoms with van der Waals surface area (Å²) in [6.07, 6.45) is 10.8. The Kier molecular flexibility index (Phi) is 2.38. The lowest BCUT2D eigenvalue weighted by atomic mass is 10.2. The van der Waals surface area contributed by atoms with Gasteiger partial charge in [0.1, 0.15) is 11.3 Å². The van der Waals surface area contributed by atoms with Crippen LogP contribution in [0.4, 0.5) is 0 Å². The Hall–Kier alpha value is -2.27. The van der Waals surface area contributed by atoms with Gasteiger partial charge in [0.05, 0.1) is 11.1 Å². The number of benzene rings is 1. The molecule has 0 amide bonds. The SMILES string of the molecule is C#Cc1cccc2[nH]c(/C=C/C=C)nc12. The summed E-state index contributed by atoms with van der Waals surface area (Å²) in [6.45, 7) is 3.60. The number of hydrogen-bond donors (Lipinski definition) is 1. The predicted octanol–water partition coefficient (Wildman–Crippen LogP) is 2.74. The van der Waals surface area contributed by atoms with Crippen molar-refractivity contribution in [2.45, 2.75) is 0 Å². The number of terminal acetylenes is 1. The molecule has 1 aromatic carbocycles. The van der Waals surface area contributed by atoms with Gasteiger partial charge in [-0.2, -0.15) is 0 Å². The van der Waals surface area contributed by atoms with E-state index in [1.54, 1.807) is 6.08 Å². The van der Waals surface area contributed by atoms with Gasteiger partial charge in [-0.3, -0.25) is 0 Å². The third-order valence-electron chi connectivity index (χ3n) is 2.08. The molecule has 0 aliphatic rings. The zero-order chi connectivity index (χ0) is 10.7. The number of aromatic amines is 1. The van der Waals surface area contributed by atoms with Crippen molar-refractivity contribution in [1.29, 1.82) is 0 Å². The van der Waals surface area contributed by atoms with Crippen LogP contribution in [0.3, 0.4) is 0 Å². The number of fused-ring (bicyclic) bond motifs is 1. The molecule has 0 spiro atoms. The lowest BCUT2D eigenvalue weighted by Crippen LogP contribution is -1.76. The van der Waals surface area contributed by atoms with Crippen LogP contribution in [0.15, 0.2) is 36.9 Å². The standard InChI is InChI=1S/C13H10N2/c1-3-5-9-12-14-11-8-6-7-10(4-2)13(11)15-12/h2-3,5-9H,1H2,(H,14,15)/b9-5+. The van der Waals surface area contributed by atoms with Crippen molar-refractivity contribution in [3.05, 3.63) is 48.3 Å². The average molecular weight is 194 g/mol. The lowest BCUT2D eigenvalue weighted by molar-refractivity contribution is 1.29. The van der Waals surface area contributed by atoms with E-state index in [9.17, 15) is 0 Å². The van der Waals surface area contributed by atoms with Gasteiger partial charge in [-0.15, -0.1) is 6.42 Å². The van der Waals surface area contributed by atoms with Crippen LogP contribution in [-0.4, -0.2) is 9.97 Å². The van der Waals surface area contributed by atoms with Crippen LogP contribution in [0.2, 0.25) is 0 Å². The molecule has 2 heteroatoms. The molecular weight excluding hydrogens is 184 g/mol. The molecule has 0 aliphatic carbocycles. The third kappa shape index (κ3) is 1.68. The Morgan fingerprint density at radius 1 is 1.47 bits per heavy atom. The molecule has 15 heavy (non-hydrogen) atoms. The molecule has 0 saturated carbocycles. The minimum Gasteiger partial charge on any atom is -0.338 e. The van der Waals surface area contributed by atoms with Crippen LogP contribution in [0.1, 0.15) is 11.4 Å². The molecule has 1 aromatic heterocycles. The molecule has 0 aliphatic heterocycles. The van der Waals surface area contributed by atoms with E-state index in [0.717, 1.165) is 22.4 Å². The van der Waals surface area contributed by atoms with Gasteiger partial charge >= 0.3 is 0 Å². The zero-order valence-corrected chi connectivity index (χ0v) is 8.20. The predicted molar refractivity (Wildman–Crippen MR) is 63.3 cm³/mol. The van der Waals surface area contributed by atoms with Crippen molar-refractivity contribution in [3.8, 4) is 12.3 Å². The lowest BCUT2D eigenvalue weighted by Gasteiger charge is -1.89. The molecule has 0 atom stereocenters. The zero-order valence-electron chi connectivity index (χ0n) is 8.20. The van der Waals surface area contributed by atoms with Gasteiger partial charge in [-0.05, 0) is 18.2 Å². The van der Waals surface area contributed by atoms with Gasteiger partial charge in [-0.25, -0.2) is 4.98 Å². The Morgan fingerprint density at radius 2 is 2.33 bits per heavy atom. The second-order valence-corrected chi connectivity index (χ2v) is 3.06. The first-order valence-corrected chi connectivity index (χ1v) is 4.59. The number of nitrogens with one attached hydrogen (secondary N) is 1. The molecule has 0 fully saturated rings. The van der Waals surface area contributed by atoms with Crippen LogP contribution in [0.25, 0.3) is 17.1 Å². The molecule has 1 heterocycles. The summed E-state index contributed by atoms with van der Waals surface area (Å²) in [5, 5.41) is 0. The van der Waals surface area contributed by atoms with Gasteiger partial charge in [0.25, 0.3) is 0 Å². The number of allylic oxidation sites excluding steroid dienone is 2. The van der Waals surface area contributed by atoms with Crippen molar-refractivity contribution in [3.63, 3.8) is 0 Å². The van der Waals surface area contributed by atoms with Crippen LogP contribution in [0.5, 0.6) is 0 Å². The first-order chi connectivity index (χ1) is 7.35. The minimum absolute atomic E-state index is 0.785. The van der Waals surface area contributed by atoms with Gasteiger partial charge in [-0.1, -0.05) is 30.7 Å².